The highest BCUT2D eigenvalue weighted by Crippen LogP contribution is 2.35. The van der Waals surface area contributed by atoms with E-state index in [4.69, 9.17) is 5.73 Å². The Hall–Kier alpha value is -1.60. The van der Waals surface area contributed by atoms with Crippen molar-refractivity contribution in [3.8, 4) is 0 Å². The number of hydrogen-bond donors (Lipinski definition) is 1. The van der Waals surface area contributed by atoms with Gasteiger partial charge in [-0.05, 0) is 42.2 Å². The Balaban J connectivity index is 2.38. The van der Waals surface area contributed by atoms with Crippen molar-refractivity contribution in [2.24, 2.45) is 5.73 Å². The van der Waals surface area contributed by atoms with Crippen molar-refractivity contribution in [3.05, 3.63) is 53.1 Å². The maximum Gasteiger partial charge on any atom is 0.0422 e. The van der Waals surface area contributed by atoms with Crippen molar-refractivity contribution in [2.45, 2.75) is 25.8 Å². The van der Waals surface area contributed by atoms with Gasteiger partial charge in [-0.2, -0.15) is 0 Å². The van der Waals surface area contributed by atoms with Gasteiger partial charge in [-0.1, -0.05) is 48.0 Å². The van der Waals surface area contributed by atoms with Crippen LogP contribution in [0, 0.1) is 6.92 Å². The largest absolute Gasteiger partial charge is 0.321 e. The molecule has 0 amide bonds. The first-order chi connectivity index (χ1) is 8.08. The van der Waals surface area contributed by atoms with Crippen LogP contribution in [0.4, 0.5) is 0 Å². The third-order valence-electron chi connectivity index (χ3n) is 3.66. The molecule has 0 aliphatic heterocycles. The van der Waals surface area contributed by atoms with Crippen LogP contribution in [0.25, 0.3) is 16.8 Å². The van der Waals surface area contributed by atoms with E-state index in [1.54, 1.807) is 0 Å². The second-order valence-corrected chi connectivity index (χ2v) is 5.28. The zero-order valence-corrected chi connectivity index (χ0v) is 10.3. The van der Waals surface area contributed by atoms with Gasteiger partial charge in [0.25, 0.3) is 0 Å². The fourth-order valence-corrected chi connectivity index (χ4v) is 2.68. The number of rotatable bonds is 0. The van der Waals surface area contributed by atoms with Crippen molar-refractivity contribution in [2.75, 3.05) is 0 Å². The molecule has 86 valence electrons. The molecule has 0 saturated carbocycles. The Morgan fingerprint density at radius 2 is 2.00 bits per heavy atom. The van der Waals surface area contributed by atoms with Crippen molar-refractivity contribution in [1.82, 2.24) is 0 Å². The van der Waals surface area contributed by atoms with E-state index in [2.05, 4.69) is 56.3 Å². The minimum Gasteiger partial charge on any atom is -0.321 e. The summed E-state index contributed by atoms with van der Waals surface area (Å²) in [5.41, 5.74) is 9.98. The number of nitrogens with two attached hydrogens (primary N) is 1. The molecule has 3 rings (SSSR count). The maximum absolute atomic E-state index is 6.36. The third kappa shape index (κ3) is 1.58. The van der Waals surface area contributed by atoms with E-state index in [9.17, 15) is 0 Å². The van der Waals surface area contributed by atoms with Gasteiger partial charge in [0.2, 0.25) is 0 Å². The molecule has 1 heteroatoms. The van der Waals surface area contributed by atoms with Crippen LogP contribution in [0.5, 0.6) is 0 Å². The molecule has 1 unspecified atom stereocenters. The van der Waals surface area contributed by atoms with E-state index < -0.39 is 0 Å². The molecule has 2 aromatic rings. The quantitative estimate of drug-likeness (QED) is 0.723. The average molecular weight is 223 g/mol. The van der Waals surface area contributed by atoms with Crippen LogP contribution in [0.3, 0.4) is 0 Å². The van der Waals surface area contributed by atoms with Crippen LogP contribution < -0.4 is 5.73 Å². The number of aryl methyl sites for hydroxylation is 1. The van der Waals surface area contributed by atoms with Crippen molar-refractivity contribution < 1.29 is 0 Å². The van der Waals surface area contributed by atoms with E-state index in [0.717, 1.165) is 6.42 Å². The van der Waals surface area contributed by atoms with Gasteiger partial charge in [0.05, 0.1) is 0 Å². The molecule has 0 aromatic heterocycles. The lowest BCUT2D eigenvalue weighted by Crippen LogP contribution is -2.34. The van der Waals surface area contributed by atoms with Crippen LogP contribution >= 0.6 is 0 Å². The topological polar surface area (TPSA) is 26.0 Å². The predicted octanol–water partition coefficient (Wildman–Crippen LogP) is 3.74. The van der Waals surface area contributed by atoms with Gasteiger partial charge in [0.1, 0.15) is 0 Å². The van der Waals surface area contributed by atoms with Gasteiger partial charge >= 0.3 is 0 Å². The molecule has 0 fully saturated rings. The molecule has 0 saturated heterocycles. The van der Waals surface area contributed by atoms with Gasteiger partial charge in [0.15, 0.2) is 0 Å². The highest BCUT2D eigenvalue weighted by atomic mass is 14.7. The molecular formula is C16H17N. The monoisotopic (exact) mass is 223 g/mol. The smallest absolute Gasteiger partial charge is 0.0422 e. The van der Waals surface area contributed by atoms with Gasteiger partial charge < -0.3 is 5.73 Å². The predicted molar refractivity (Wildman–Crippen MR) is 73.9 cm³/mol. The summed E-state index contributed by atoms with van der Waals surface area (Å²) in [4.78, 5) is 0. The van der Waals surface area contributed by atoms with Gasteiger partial charge in [-0.15, -0.1) is 0 Å². The highest BCUT2D eigenvalue weighted by Gasteiger charge is 2.25. The zero-order chi connectivity index (χ0) is 12.0. The summed E-state index contributed by atoms with van der Waals surface area (Å²) < 4.78 is 0. The van der Waals surface area contributed by atoms with Gasteiger partial charge in [-0.25, -0.2) is 0 Å². The molecule has 2 aromatic carbocycles. The maximum atomic E-state index is 6.36. The van der Waals surface area contributed by atoms with E-state index in [-0.39, 0.29) is 5.54 Å². The Kier molecular flexibility index (Phi) is 2.14. The van der Waals surface area contributed by atoms with Gasteiger partial charge in [-0.3, -0.25) is 0 Å². The molecule has 0 radical (unpaired) electrons. The number of hydrogen-bond acceptors (Lipinski definition) is 1. The molecule has 2 N–H and O–H groups in total. The van der Waals surface area contributed by atoms with Crippen molar-refractivity contribution in [1.29, 1.82) is 0 Å². The van der Waals surface area contributed by atoms with Crippen molar-refractivity contribution in [3.63, 3.8) is 0 Å². The Morgan fingerprint density at radius 3 is 2.82 bits per heavy atom. The summed E-state index contributed by atoms with van der Waals surface area (Å²) in [7, 11) is 0. The SMILES string of the molecule is Cc1ccc2c3c(ccc2c1)C(C)(N)CC=C3. The number of benzene rings is 2. The van der Waals surface area contributed by atoms with Crippen LogP contribution in [-0.4, -0.2) is 0 Å². The standard InChI is InChI=1S/C16H17N/c1-11-5-7-13-12(10-11)6-8-15-14(13)4-3-9-16(15,2)17/h3-8,10H,9,17H2,1-2H3. The van der Waals surface area contributed by atoms with E-state index in [0.29, 0.717) is 0 Å². The summed E-state index contributed by atoms with van der Waals surface area (Å²) in [6.07, 6.45) is 5.31. The first kappa shape index (κ1) is 10.5. The molecular weight excluding hydrogens is 206 g/mol. The van der Waals surface area contributed by atoms with Crippen LogP contribution in [0.1, 0.15) is 30.0 Å². The molecule has 0 heterocycles. The lowest BCUT2D eigenvalue weighted by atomic mass is 9.80. The molecule has 1 nitrogen and oxygen atoms in total. The Bertz CT molecular complexity index is 621. The van der Waals surface area contributed by atoms with E-state index >= 15 is 0 Å². The fourth-order valence-electron chi connectivity index (χ4n) is 2.68. The second kappa shape index (κ2) is 3.44. The number of fused-ring (bicyclic) bond motifs is 3. The summed E-state index contributed by atoms with van der Waals surface area (Å²) in [6, 6.07) is 11.0. The molecule has 0 bridgehead atoms. The summed E-state index contributed by atoms with van der Waals surface area (Å²) in [5, 5.41) is 2.60. The summed E-state index contributed by atoms with van der Waals surface area (Å²) >= 11 is 0. The lowest BCUT2D eigenvalue weighted by Gasteiger charge is -2.29. The van der Waals surface area contributed by atoms with E-state index in [1.165, 1.54) is 27.5 Å². The summed E-state index contributed by atoms with van der Waals surface area (Å²) in [6.45, 7) is 4.23. The van der Waals surface area contributed by atoms with Crippen LogP contribution in [0.15, 0.2) is 36.4 Å². The Labute approximate surface area is 102 Å². The summed E-state index contributed by atoms with van der Waals surface area (Å²) in [5.74, 6) is 0. The second-order valence-electron chi connectivity index (χ2n) is 5.28. The first-order valence-corrected chi connectivity index (χ1v) is 6.07. The average Bonchev–Trinajstić information content (AvgIpc) is 2.27. The molecule has 17 heavy (non-hydrogen) atoms. The normalized spacial score (nSPS) is 22.8. The molecule has 1 atom stereocenters. The van der Waals surface area contributed by atoms with Crippen LogP contribution in [-0.2, 0) is 5.54 Å². The molecule has 1 aliphatic rings. The molecule has 0 spiro atoms. The minimum absolute atomic E-state index is 0.233. The Morgan fingerprint density at radius 1 is 1.18 bits per heavy atom. The van der Waals surface area contributed by atoms with E-state index in [1.807, 2.05) is 0 Å². The highest BCUT2D eigenvalue weighted by molar-refractivity contribution is 5.93. The zero-order valence-electron chi connectivity index (χ0n) is 10.3. The first-order valence-electron chi connectivity index (χ1n) is 6.07. The fraction of sp³-hybridized carbons (Fsp3) is 0.250. The molecule has 1 aliphatic carbocycles. The van der Waals surface area contributed by atoms with Gasteiger partial charge in [0, 0.05) is 5.54 Å². The third-order valence-corrected chi connectivity index (χ3v) is 3.66. The minimum atomic E-state index is -0.233. The lowest BCUT2D eigenvalue weighted by molar-refractivity contribution is 0.498. The van der Waals surface area contributed by atoms with Crippen molar-refractivity contribution >= 4 is 16.8 Å². The van der Waals surface area contributed by atoms with Crippen LogP contribution in [0.2, 0.25) is 0 Å².